The Morgan fingerprint density at radius 3 is 2.18 bits per heavy atom. The lowest BCUT2D eigenvalue weighted by Crippen LogP contribution is -2.39. The maximum absolute atomic E-state index is 13.6. The standard InChI is InChI=1S/C37H50N4O2S2/c1-4-6-7-8-9-10-11-12-13-17-22-41-36(43)33(45-37(41)44)26-31-28(3)32(27-38)35(42)40(5-2)34(31)39-23-20-30(21-24-39)25-29-18-15-14-16-19-29/h14-16,18-19,26,30H,4-13,17,20-25H2,1-3H3/b33-26+. The van der Waals surface area contributed by atoms with Crippen molar-refractivity contribution in [3.63, 3.8) is 0 Å². The number of thiocarbonyl (C=S) groups is 1. The Morgan fingerprint density at radius 1 is 0.956 bits per heavy atom. The second-order valence-corrected chi connectivity index (χ2v) is 14.2. The summed E-state index contributed by atoms with van der Waals surface area (Å²) in [5, 5.41) is 9.94. The van der Waals surface area contributed by atoms with Crippen LogP contribution >= 0.6 is 24.0 Å². The summed E-state index contributed by atoms with van der Waals surface area (Å²) in [6.45, 7) is 8.76. The highest BCUT2D eigenvalue weighted by molar-refractivity contribution is 8.26. The maximum atomic E-state index is 13.6. The van der Waals surface area contributed by atoms with Crippen molar-refractivity contribution in [1.29, 1.82) is 5.26 Å². The minimum atomic E-state index is -0.260. The van der Waals surface area contributed by atoms with Crippen LogP contribution in [0, 0.1) is 24.2 Å². The Balaban J connectivity index is 1.46. The van der Waals surface area contributed by atoms with E-state index < -0.39 is 0 Å². The summed E-state index contributed by atoms with van der Waals surface area (Å²) in [6.07, 6.45) is 17.4. The highest BCUT2D eigenvalue weighted by Crippen LogP contribution is 2.37. The molecule has 2 fully saturated rings. The number of hydrogen-bond donors (Lipinski definition) is 0. The molecule has 1 aromatic heterocycles. The van der Waals surface area contributed by atoms with Gasteiger partial charge >= 0.3 is 0 Å². The SMILES string of the molecule is CCCCCCCCCCCCN1C(=O)/C(=C\c2c(C)c(C#N)c(=O)n(CC)c2N2CCC(Cc3ccccc3)CC2)SC1=S. The summed E-state index contributed by atoms with van der Waals surface area (Å²) in [5.41, 5.74) is 2.66. The molecule has 0 aliphatic carbocycles. The topological polar surface area (TPSA) is 69.3 Å². The van der Waals surface area contributed by atoms with Gasteiger partial charge in [0.2, 0.25) is 0 Å². The van der Waals surface area contributed by atoms with Crippen molar-refractivity contribution in [2.24, 2.45) is 5.92 Å². The highest BCUT2D eigenvalue weighted by atomic mass is 32.2. The van der Waals surface area contributed by atoms with E-state index in [2.05, 4.69) is 48.2 Å². The van der Waals surface area contributed by atoms with Crippen LogP contribution in [0.15, 0.2) is 40.0 Å². The molecule has 0 atom stereocenters. The molecule has 0 unspecified atom stereocenters. The molecule has 2 aliphatic rings. The second-order valence-electron chi connectivity index (χ2n) is 12.5. The van der Waals surface area contributed by atoms with E-state index in [0.29, 0.717) is 33.8 Å². The van der Waals surface area contributed by atoms with Gasteiger partial charge in [-0.25, -0.2) is 0 Å². The molecule has 3 heterocycles. The van der Waals surface area contributed by atoms with Gasteiger partial charge in [0.15, 0.2) is 0 Å². The van der Waals surface area contributed by atoms with E-state index in [1.807, 2.05) is 19.9 Å². The first-order chi connectivity index (χ1) is 21.9. The number of amides is 1. The summed E-state index contributed by atoms with van der Waals surface area (Å²) in [7, 11) is 0. The van der Waals surface area contributed by atoms with Gasteiger partial charge in [-0.1, -0.05) is 119 Å². The predicted molar refractivity (Wildman–Crippen MR) is 193 cm³/mol. The van der Waals surface area contributed by atoms with E-state index in [9.17, 15) is 14.9 Å². The summed E-state index contributed by atoms with van der Waals surface area (Å²) in [4.78, 5) is 31.6. The van der Waals surface area contributed by atoms with Crippen LogP contribution in [0.25, 0.3) is 6.08 Å². The van der Waals surface area contributed by atoms with Gasteiger partial charge in [-0.05, 0) is 62.7 Å². The van der Waals surface area contributed by atoms with Crippen LogP contribution < -0.4 is 10.5 Å². The smallest absolute Gasteiger partial charge is 0.270 e. The number of rotatable bonds is 16. The Hall–Kier alpha value is -2.89. The van der Waals surface area contributed by atoms with Gasteiger partial charge in [-0.3, -0.25) is 19.1 Å². The van der Waals surface area contributed by atoms with Crippen LogP contribution in [-0.4, -0.2) is 39.3 Å². The second kappa shape index (κ2) is 17.7. The quantitative estimate of drug-likeness (QED) is 0.103. The molecule has 0 radical (unpaired) electrons. The number of piperidine rings is 1. The summed E-state index contributed by atoms with van der Waals surface area (Å²) in [5.74, 6) is 1.33. The molecule has 2 saturated heterocycles. The van der Waals surface area contributed by atoms with Gasteiger partial charge in [0, 0.05) is 31.7 Å². The van der Waals surface area contributed by atoms with Crippen LogP contribution in [0.2, 0.25) is 0 Å². The lowest BCUT2D eigenvalue weighted by molar-refractivity contribution is -0.122. The van der Waals surface area contributed by atoms with Gasteiger partial charge in [0.1, 0.15) is 21.8 Å². The molecule has 0 bridgehead atoms. The highest BCUT2D eigenvalue weighted by Gasteiger charge is 2.33. The van der Waals surface area contributed by atoms with E-state index in [4.69, 9.17) is 12.2 Å². The number of aromatic nitrogens is 1. The van der Waals surface area contributed by atoms with Gasteiger partial charge in [-0.2, -0.15) is 5.26 Å². The first-order valence-corrected chi connectivity index (χ1v) is 18.3. The van der Waals surface area contributed by atoms with Crippen molar-refractivity contribution in [3.8, 4) is 6.07 Å². The number of benzene rings is 1. The van der Waals surface area contributed by atoms with E-state index in [1.165, 1.54) is 68.7 Å². The van der Waals surface area contributed by atoms with Crippen molar-refractivity contribution >= 4 is 46.1 Å². The van der Waals surface area contributed by atoms with Crippen LogP contribution in [0.4, 0.5) is 5.82 Å². The molecule has 45 heavy (non-hydrogen) atoms. The number of hydrogen-bond acceptors (Lipinski definition) is 6. The average Bonchev–Trinajstić information content (AvgIpc) is 3.31. The Bertz CT molecular complexity index is 1440. The molecule has 1 amide bonds. The largest absolute Gasteiger partial charge is 0.357 e. The van der Waals surface area contributed by atoms with Crippen molar-refractivity contribution in [3.05, 3.63) is 67.8 Å². The van der Waals surface area contributed by atoms with Crippen molar-refractivity contribution in [2.75, 3.05) is 24.5 Å². The number of unbranched alkanes of at least 4 members (excludes halogenated alkanes) is 9. The molecule has 0 N–H and O–H groups in total. The Labute approximate surface area is 279 Å². The van der Waals surface area contributed by atoms with Crippen molar-refractivity contribution < 1.29 is 4.79 Å². The number of anilines is 1. The van der Waals surface area contributed by atoms with Crippen molar-refractivity contribution in [2.45, 2.75) is 111 Å². The zero-order valence-corrected chi connectivity index (χ0v) is 29.1. The number of nitriles is 1. The number of nitrogens with zero attached hydrogens (tertiary/aromatic N) is 4. The molecule has 6 nitrogen and oxygen atoms in total. The lowest BCUT2D eigenvalue weighted by Gasteiger charge is -2.36. The number of thioether (sulfide) groups is 1. The fourth-order valence-electron chi connectivity index (χ4n) is 6.66. The zero-order valence-electron chi connectivity index (χ0n) is 27.5. The van der Waals surface area contributed by atoms with E-state index in [1.54, 1.807) is 9.47 Å². The molecule has 242 valence electrons. The van der Waals surface area contributed by atoms with Gasteiger partial charge in [0.25, 0.3) is 11.5 Å². The first-order valence-electron chi connectivity index (χ1n) is 17.1. The van der Waals surface area contributed by atoms with E-state index in [0.717, 1.165) is 56.6 Å². The maximum Gasteiger partial charge on any atom is 0.270 e. The van der Waals surface area contributed by atoms with Crippen LogP contribution in [0.3, 0.4) is 0 Å². The van der Waals surface area contributed by atoms with Crippen LogP contribution in [0.5, 0.6) is 0 Å². The van der Waals surface area contributed by atoms with Gasteiger partial charge < -0.3 is 4.90 Å². The fraction of sp³-hybridized carbons (Fsp3) is 0.568. The molecule has 1 aromatic carbocycles. The first kappa shape index (κ1) is 35.0. The molecular weight excluding hydrogens is 597 g/mol. The minimum Gasteiger partial charge on any atom is -0.357 e. The summed E-state index contributed by atoms with van der Waals surface area (Å²) >= 11 is 7.00. The predicted octanol–water partition coefficient (Wildman–Crippen LogP) is 8.63. The molecule has 2 aromatic rings. The number of carbonyl (C=O) groups excluding carboxylic acids is 1. The fourth-order valence-corrected chi connectivity index (χ4v) is 7.95. The third-order valence-electron chi connectivity index (χ3n) is 9.33. The van der Waals surface area contributed by atoms with Gasteiger partial charge in [-0.15, -0.1) is 0 Å². The molecular formula is C37H50N4O2S2. The van der Waals surface area contributed by atoms with Crippen LogP contribution in [0.1, 0.15) is 113 Å². The van der Waals surface area contributed by atoms with Gasteiger partial charge in [0.05, 0.1) is 4.91 Å². The zero-order chi connectivity index (χ0) is 32.2. The number of pyridine rings is 1. The molecule has 2 aliphatic heterocycles. The average molecular weight is 647 g/mol. The van der Waals surface area contributed by atoms with E-state index in [-0.39, 0.29) is 17.0 Å². The number of carbonyl (C=O) groups is 1. The monoisotopic (exact) mass is 646 g/mol. The Kier molecular flexibility index (Phi) is 13.8. The molecule has 0 saturated carbocycles. The molecule has 0 spiro atoms. The third-order valence-corrected chi connectivity index (χ3v) is 10.7. The lowest BCUT2D eigenvalue weighted by atomic mass is 9.90. The summed E-state index contributed by atoms with van der Waals surface area (Å²) in [6, 6.07) is 12.8. The summed E-state index contributed by atoms with van der Waals surface area (Å²) < 4.78 is 2.31. The Morgan fingerprint density at radius 2 is 1.58 bits per heavy atom. The third kappa shape index (κ3) is 9.10. The van der Waals surface area contributed by atoms with Crippen LogP contribution in [-0.2, 0) is 17.8 Å². The van der Waals surface area contributed by atoms with E-state index >= 15 is 0 Å². The molecule has 4 rings (SSSR count). The normalized spacial score (nSPS) is 16.6. The molecule has 8 heteroatoms. The van der Waals surface area contributed by atoms with Crippen molar-refractivity contribution in [1.82, 2.24) is 9.47 Å². The minimum absolute atomic E-state index is 0.0689.